The number of carbonyl (C=O) groups is 1. The van der Waals surface area contributed by atoms with Crippen LogP contribution in [-0.4, -0.2) is 11.1 Å². The zero-order chi connectivity index (χ0) is 13.5. The van der Waals surface area contributed by atoms with Gasteiger partial charge in [-0.05, 0) is 41.0 Å². The molecule has 0 spiro atoms. The molecular weight excluding hydrogens is 236 g/mol. The van der Waals surface area contributed by atoms with Crippen LogP contribution in [0.5, 0.6) is 0 Å². The van der Waals surface area contributed by atoms with Gasteiger partial charge in [0.05, 0.1) is 5.56 Å². The maximum atomic E-state index is 11.2. The fraction of sp³-hybridized carbons (Fsp3) is 0.235. The Kier molecular flexibility index (Phi) is 2.67. The van der Waals surface area contributed by atoms with Crippen molar-refractivity contribution < 1.29 is 9.90 Å². The molecule has 2 aromatic carbocycles. The molecule has 0 saturated heterocycles. The van der Waals surface area contributed by atoms with Gasteiger partial charge in [0.1, 0.15) is 0 Å². The van der Waals surface area contributed by atoms with Gasteiger partial charge in [-0.3, -0.25) is 0 Å². The maximum Gasteiger partial charge on any atom is 0.336 e. The van der Waals surface area contributed by atoms with E-state index in [1.54, 1.807) is 12.1 Å². The molecule has 0 atom stereocenters. The van der Waals surface area contributed by atoms with Gasteiger partial charge in [-0.1, -0.05) is 49.4 Å². The summed E-state index contributed by atoms with van der Waals surface area (Å²) in [6.45, 7) is 2.27. The molecule has 1 N–H and O–H groups in total. The largest absolute Gasteiger partial charge is 0.478 e. The van der Waals surface area contributed by atoms with Crippen LogP contribution in [0, 0.1) is 0 Å². The Morgan fingerprint density at radius 2 is 1.68 bits per heavy atom. The highest BCUT2D eigenvalue weighted by molar-refractivity contribution is 5.95. The number of carboxylic acids is 1. The van der Waals surface area contributed by atoms with Gasteiger partial charge < -0.3 is 5.11 Å². The lowest BCUT2D eigenvalue weighted by Crippen LogP contribution is -2.01. The fourth-order valence-electron chi connectivity index (χ4n) is 2.45. The van der Waals surface area contributed by atoms with E-state index in [4.69, 9.17) is 0 Å². The molecule has 0 amide bonds. The van der Waals surface area contributed by atoms with Crippen LogP contribution in [-0.2, 0) is 5.41 Å². The van der Waals surface area contributed by atoms with E-state index in [9.17, 15) is 9.90 Å². The third-order valence-corrected chi connectivity index (χ3v) is 4.05. The summed E-state index contributed by atoms with van der Waals surface area (Å²) in [6.07, 6.45) is 2.50. The van der Waals surface area contributed by atoms with E-state index in [-0.39, 0.29) is 0 Å². The zero-order valence-electron chi connectivity index (χ0n) is 10.9. The fourth-order valence-corrected chi connectivity index (χ4v) is 2.45. The average Bonchev–Trinajstić information content (AvgIpc) is 3.18. The van der Waals surface area contributed by atoms with E-state index in [0.717, 1.165) is 11.1 Å². The van der Waals surface area contributed by atoms with Gasteiger partial charge in [0.2, 0.25) is 0 Å². The van der Waals surface area contributed by atoms with Crippen LogP contribution in [0.3, 0.4) is 0 Å². The van der Waals surface area contributed by atoms with Crippen LogP contribution in [0.2, 0.25) is 0 Å². The number of carboxylic acid groups (broad SMARTS) is 1. The third kappa shape index (κ3) is 2.14. The first-order valence-corrected chi connectivity index (χ1v) is 6.53. The Morgan fingerprint density at radius 3 is 2.26 bits per heavy atom. The van der Waals surface area contributed by atoms with Crippen LogP contribution >= 0.6 is 0 Å². The minimum absolute atomic E-state index is 0.352. The van der Waals surface area contributed by atoms with E-state index in [0.29, 0.717) is 11.0 Å². The normalized spacial score (nSPS) is 16.1. The molecule has 0 heterocycles. The first kappa shape index (κ1) is 12.0. The Labute approximate surface area is 112 Å². The first-order chi connectivity index (χ1) is 9.10. The Bertz CT molecular complexity index is 622. The number of aromatic carboxylic acids is 1. The second-order valence-electron chi connectivity index (χ2n) is 5.49. The summed E-state index contributed by atoms with van der Waals surface area (Å²) in [6, 6.07) is 15.4. The van der Waals surface area contributed by atoms with Crippen LogP contribution in [0.1, 0.15) is 35.7 Å². The van der Waals surface area contributed by atoms with Crippen LogP contribution in [0.25, 0.3) is 11.1 Å². The Morgan fingerprint density at radius 1 is 1.05 bits per heavy atom. The molecular formula is C17H16O2. The standard InChI is InChI=1S/C17H16O2/c1-17(10-11-17)13-8-6-12(7-9-13)14-4-2-3-5-15(14)16(18)19/h2-9H,10-11H2,1H3,(H,18,19). The molecule has 1 aliphatic rings. The molecule has 1 saturated carbocycles. The highest BCUT2D eigenvalue weighted by atomic mass is 16.4. The highest BCUT2D eigenvalue weighted by Crippen LogP contribution is 2.47. The molecule has 0 aliphatic heterocycles. The number of benzene rings is 2. The van der Waals surface area contributed by atoms with Crippen molar-refractivity contribution in [3.05, 3.63) is 59.7 Å². The van der Waals surface area contributed by atoms with Crippen LogP contribution < -0.4 is 0 Å². The molecule has 1 fully saturated rings. The third-order valence-electron chi connectivity index (χ3n) is 4.05. The predicted molar refractivity (Wildman–Crippen MR) is 75.4 cm³/mol. The Hall–Kier alpha value is -2.09. The number of rotatable bonds is 3. The summed E-state index contributed by atoms with van der Waals surface area (Å²) in [5.41, 5.74) is 3.80. The molecule has 0 unspecified atom stereocenters. The molecule has 2 heteroatoms. The van der Waals surface area contributed by atoms with E-state index >= 15 is 0 Å². The summed E-state index contributed by atoms with van der Waals surface area (Å²) < 4.78 is 0. The van der Waals surface area contributed by atoms with Crippen molar-refractivity contribution in [2.24, 2.45) is 0 Å². The van der Waals surface area contributed by atoms with Crippen molar-refractivity contribution in [1.82, 2.24) is 0 Å². The topological polar surface area (TPSA) is 37.3 Å². The van der Waals surface area contributed by atoms with E-state index < -0.39 is 5.97 Å². The van der Waals surface area contributed by atoms with Gasteiger partial charge in [0, 0.05) is 0 Å². The lowest BCUT2D eigenvalue weighted by molar-refractivity contribution is 0.0697. The van der Waals surface area contributed by atoms with E-state index in [1.807, 2.05) is 24.3 Å². The van der Waals surface area contributed by atoms with Crippen LogP contribution in [0.4, 0.5) is 0 Å². The second-order valence-corrected chi connectivity index (χ2v) is 5.49. The number of hydrogen-bond donors (Lipinski definition) is 1. The zero-order valence-corrected chi connectivity index (χ0v) is 10.9. The molecule has 96 valence electrons. The molecule has 0 bridgehead atoms. The maximum absolute atomic E-state index is 11.2. The van der Waals surface area contributed by atoms with Gasteiger partial charge in [-0.15, -0.1) is 0 Å². The van der Waals surface area contributed by atoms with Gasteiger partial charge in [-0.2, -0.15) is 0 Å². The summed E-state index contributed by atoms with van der Waals surface area (Å²) in [7, 11) is 0. The SMILES string of the molecule is CC1(c2ccc(-c3ccccc3C(=O)O)cc2)CC1. The number of hydrogen-bond acceptors (Lipinski definition) is 1. The minimum atomic E-state index is -0.881. The van der Waals surface area contributed by atoms with Crippen molar-refractivity contribution >= 4 is 5.97 Å². The second kappa shape index (κ2) is 4.23. The summed E-state index contributed by atoms with van der Waals surface area (Å²) in [4.78, 5) is 11.2. The van der Waals surface area contributed by atoms with Crippen molar-refractivity contribution in [3.63, 3.8) is 0 Å². The van der Waals surface area contributed by atoms with Crippen molar-refractivity contribution in [1.29, 1.82) is 0 Å². The van der Waals surface area contributed by atoms with Gasteiger partial charge in [0.15, 0.2) is 0 Å². The van der Waals surface area contributed by atoms with E-state index in [1.165, 1.54) is 18.4 Å². The van der Waals surface area contributed by atoms with Crippen molar-refractivity contribution in [2.45, 2.75) is 25.2 Å². The van der Waals surface area contributed by atoms with E-state index in [2.05, 4.69) is 19.1 Å². The molecule has 1 aliphatic carbocycles. The monoisotopic (exact) mass is 252 g/mol. The first-order valence-electron chi connectivity index (χ1n) is 6.53. The lowest BCUT2D eigenvalue weighted by atomic mass is 9.94. The van der Waals surface area contributed by atoms with Gasteiger partial charge in [0.25, 0.3) is 0 Å². The highest BCUT2D eigenvalue weighted by Gasteiger charge is 2.38. The molecule has 3 rings (SSSR count). The molecule has 0 radical (unpaired) electrons. The van der Waals surface area contributed by atoms with Crippen molar-refractivity contribution in [3.8, 4) is 11.1 Å². The van der Waals surface area contributed by atoms with Gasteiger partial charge in [-0.25, -0.2) is 4.79 Å². The Balaban J connectivity index is 2.01. The van der Waals surface area contributed by atoms with Gasteiger partial charge >= 0.3 is 5.97 Å². The minimum Gasteiger partial charge on any atom is -0.478 e. The predicted octanol–water partition coefficient (Wildman–Crippen LogP) is 4.10. The average molecular weight is 252 g/mol. The van der Waals surface area contributed by atoms with Crippen molar-refractivity contribution in [2.75, 3.05) is 0 Å². The molecule has 19 heavy (non-hydrogen) atoms. The lowest BCUT2D eigenvalue weighted by Gasteiger charge is -2.11. The quantitative estimate of drug-likeness (QED) is 0.892. The van der Waals surface area contributed by atoms with Crippen LogP contribution in [0.15, 0.2) is 48.5 Å². The molecule has 2 nitrogen and oxygen atoms in total. The smallest absolute Gasteiger partial charge is 0.336 e. The summed E-state index contributed by atoms with van der Waals surface area (Å²) >= 11 is 0. The summed E-state index contributed by atoms with van der Waals surface area (Å²) in [5, 5.41) is 9.22. The molecule has 2 aromatic rings. The molecule has 0 aromatic heterocycles. The summed E-state index contributed by atoms with van der Waals surface area (Å²) in [5.74, 6) is -0.881.